The largest absolute Gasteiger partial charge is 0.492 e. The van der Waals surface area contributed by atoms with E-state index >= 15 is 0 Å². The number of aromatic nitrogens is 1. The fourth-order valence-corrected chi connectivity index (χ4v) is 4.38. The first-order valence-electron chi connectivity index (χ1n) is 12.0. The van der Waals surface area contributed by atoms with E-state index < -0.39 is 5.92 Å². The summed E-state index contributed by atoms with van der Waals surface area (Å²) < 4.78 is 5.74. The molecule has 1 unspecified atom stereocenters. The third kappa shape index (κ3) is 6.04. The molecule has 186 valence electrons. The second kappa shape index (κ2) is 11.7. The number of ketones is 2. The Hall–Kier alpha value is -3.84. The Morgan fingerprint density at radius 1 is 1.00 bits per heavy atom. The van der Waals surface area contributed by atoms with Gasteiger partial charge in [0, 0.05) is 42.0 Å². The van der Waals surface area contributed by atoms with E-state index in [1.54, 1.807) is 48.8 Å². The van der Waals surface area contributed by atoms with Gasteiger partial charge in [0.1, 0.15) is 19.5 Å². The summed E-state index contributed by atoms with van der Waals surface area (Å²) in [5.74, 6) is -0.0860. The highest BCUT2D eigenvalue weighted by molar-refractivity contribution is 6.07. The third-order valence-electron chi connectivity index (χ3n) is 6.33. The van der Waals surface area contributed by atoms with Gasteiger partial charge in [-0.15, -0.1) is 0 Å². The van der Waals surface area contributed by atoms with E-state index in [0.29, 0.717) is 23.5 Å². The lowest BCUT2D eigenvalue weighted by atomic mass is 9.84. The predicted molar refractivity (Wildman–Crippen MR) is 139 cm³/mol. The Labute approximate surface area is 211 Å². The molecule has 7 nitrogen and oxygen atoms in total. The van der Waals surface area contributed by atoms with Crippen LogP contribution < -0.4 is 4.74 Å². The van der Waals surface area contributed by atoms with Crippen LogP contribution in [0.4, 0.5) is 0 Å². The number of aryl methyl sites for hydroxylation is 1. The predicted octanol–water partition coefficient (Wildman–Crippen LogP) is 4.56. The fraction of sp³-hybridized carbons (Fsp3) is 0.310. The zero-order valence-corrected chi connectivity index (χ0v) is 20.9. The molecule has 3 aromatic rings. The van der Waals surface area contributed by atoms with Crippen molar-refractivity contribution in [1.82, 2.24) is 9.88 Å². The molecule has 0 spiro atoms. The summed E-state index contributed by atoms with van der Waals surface area (Å²) in [5, 5.41) is 4.12. The van der Waals surface area contributed by atoms with Gasteiger partial charge in [0.15, 0.2) is 11.6 Å². The van der Waals surface area contributed by atoms with Crippen molar-refractivity contribution in [3.05, 3.63) is 94.8 Å². The monoisotopic (exact) mass is 485 g/mol. The van der Waals surface area contributed by atoms with Crippen LogP contribution in [0.2, 0.25) is 0 Å². The average Bonchev–Trinajstić information content (AvgIpc) is 3.29. The van der Waals surface area contributed by atoms with Gasteiger partial charge in [-0.25, -0.2) is 0 Å². The Balaban J connectivity index is 1.57. The molecule has 1 atom stereocenters. The number of hydrogen-bond donors (Lipinski definition) is 0. The number of ether oxygens (including phenoxy) is 1. The van der Waals surface area contributed by atoms with Gasteiger partial charge in [0.2, 0.25) is 0 Å². The summed E-state index contributed by atoms with van der Waals surface area (Å²) in [7, 11) is 5.51. The Kier molecular flexibility index (Phi) is 8.23. The van der Waals surface area contributed by atoms with Crippen molar-refractivity contribution in [2.45, 2.75) is 25.2 Å². The summed E-state index contributed by atoms with van der Waals surface area (Å²) in [6.45, 7) is 1.37. The highest BCUT2D eigenvalue weighted by atomic mass is 16.6. The zero-order chi connectivity index (χ0) is 25.5. The highest BCUT2D eigenvalue weighted by Crippen LogP contribution is 2.31. The van der Waals surface area contributed by atoms with Crippen molar-refractivity contribution >= 4 is 17.3 Å². The maximum atomic E-state index is 13.6. The molecular formula is C29H31N3O4. The van der Waals surface area contributed by atoms with E-state index in [-0.39, 0.29) is 18.0 Å². The van der Waals surface area contributed by atoms with Crippen LogP contribution in [0.25, 0.3) is 0 Å². The van der Waals surface area contributed by atoms with Gasteiger partial charge in [0.25, 0.3) is 0 Å². The van der Waals surface area contributed by atoms with Gasteiger partial charge < -0.3 is 14.5 Å². The molecule has 36 heavy (non-hydrogen) atoms. The lowest BCUT2D eigenvalue weighted by Gasteiger charge is -2.17. The molecule has 0 saturated carbocycles. The molecule has 4 rings (SSSR count). The second-order valence-electron chi connectivity index (χ2n) is 9.09. The van der Waals surface area contributed by atoms with Crippen molar-refractivity contribution in [1.29, 1.82) is 0 Å². The van der Waals surface area contributed by atoms with Crippen LogP contribution in [0, 0.1) is 0 Å². The normalized spacial score (nSPS) is 14.5. The van der Waals surface area contributed by atoms with Crippen LogP contribution in [0.15, 0.2) is 72.1 Å². The first-order chi connectivity index (χ1) is 17.5. The summed E-state index contributed by atoms with van der Waals surface area (Å²) in [6, 6.07) is 16.4. The van der Waals surface area contributed by atoms with Crippen LogP contribution in [-0.4, -0.2) is 61.5 Å². The summed E-state index contributed by atoms with van der Waals surface area (Å²) in [5.41, 5.74) is 4.97. The molecule has 0 radical (unpaired) electrons. The van der Waals surface area contributed by atoms with Gasteiger partial charge in [0.05, 0.1) is 11.6 Å². The van der Waals surface area contributed by atoms with E-state index in [1.165, 1.54) is 7.11 Å². The molecule has 1 heterocycles. The number of pyridine rings is 1. The van der Waals surface area contributed by atoms with Crippen LogP contribution in [-0.2, 0) is 11.3 Å². The molecule has 1 aliphatic rings. The van der Waals surface area contributed by atoms with Gasteiger partial charge in [-0.05, 0) is 74.5 Å². The van der Waals surface area contributed by atoms with Crippen molar-refractivity contribution in [3.63, 3.8) is 0 Å². The molecule has 7 heteroatoms. The number of nitrogens with zero attached hydrogens (tertiary/aromatic N) is 3. The lowest BCUT2D eigenvalue weighted by molar-refractivity contribution is 0.0893. The summed E-state index contributed by atoms with van der Waals surface area (Å²) in [6.07, 6.45) is 4.87. The lowest BCUT2D eigenvalue weighted by Crippen LogP contribution is -2.19. The SMILES string of the molecule is CON=C1CCc2cc(C(CC(=O)c3ccc(OCCN(C)C)cc3)C(=O)c3ccncc3)ccc21. The number of oxime groups is 1. The Morgan fingerprint density at radius 3 is 2.44 bits per heavy atom. The average molecular weight is 486 g/mol. The zero-order valence-electron chi connectivity index (χ0n) is 20.9. The van der Waals surface area contributed by atoms with E-state index in [0.717, 1.165) is 41.8 Å². The van der Waals surface area contributed by atoms with Crippen molar-refractivity contribution in [2.75, 3.05) is 34.4 Å². The molecule has 1 aromatic heterocycles. The van der Waals surface area contributed by atoms with Gasteiger partial charge in [-0.2, -0.15) is 0 Å². The first kappa shape index (κ1) is 25.3. The van der Waals surface area contributed by atoms with Crippen LogP contribution in [0.5, 0.6) is 5.75 Å². The number of likely N-dealkylation sites (N-methyl/N-ethyl adjacent to an activating group) is 1. The maximum absolute atomic E-state index is 13.6. The molecule has 0 bridgehead atoms. The number of carbonyl (C=O) groups excluding carboxylic acids is 2. The van der Waals surface area contributed by atoms with Gasteiger partial charge >= 0.3 is 0 Å². The van der Waals surface area contributed by atoms with Gasteiger partial charge in [-0.1, -0.05) is 23.4 Å². The smallest absolute Gasteiger partial charge is 0.170 e. The fourth-order valence-electron chi connectivity index (χ4n) is 4.38. The summed E-state index contributed by atoms with van der Waals surface area (Å²) >= 11 is 0. The Bertz CT molecular complexity index is 1240. The number of hydrogen-bond acceptors (Lipinski definition) is 7. The van der Waals surface area contributed by atoms with Crippen LogP contribution in [0.1, 0.15) is 56.2 Å². The molecule has 0 amide bonds. The minimum Gasteiger partial charge on any atom is -0.492 e. The van der Waals surface area contributed by atoms with Crippen LogP contribution >= 0.6 is 0 Å². The number of rotatable bonds is 11. The maximum Gasteiger partial charge on any atom is 0.170 e. The standard InChI is InChI=1S/C29H31N3O4/c1-32(2)16-17-36-24-8-4-20(5-9-24)28(33)19-26(29(34)21-12-14-30-15-13-21)23-6-10-25-22(18-23)7-11-27(25)31-35-3/h4-6,8-10,12-15,18,26H,7,11,16-17,19H2,1-3H3. The van der Waals surface area contributed by atoms with Crippen LogP contribution in [0.3, 0.4) is 0 Å². The summed E-state index contributed by atoms with van der Waals surface area (Å²) in [4.78, 5) is 37.9. The minimum atomic E-state index is -0.607. The van der Waals surface area contributed by atoms with Crippen molar-refractivity contribution < 1.29 is 19.2 Å². The Morgan fingerprint density at radius 2 is 1.75 bits per heavy atom. The van der Waals surface area contributed by atoms with Crippen molar-refractivity contribution in [3.8, 4) is 5.75 Å². The molecule has 0 N–H and O–H groups in total. The molecule has 1 aliphatic carbocycles. The third-order valence-corrected chi connectivity index (χ3v) is 6.33. The van der Waals surface area contributed by atoms with E-state index in [9.17, 15) is 9.59 Å². The highest BCUT2D eigenvalue weighted by Gasteiger charge is 2.28. The van der Waals surface area contributed by atoms with E-state index in [1.807, 2.05) is 37.2 Å². The minimum absolute atomic E-state index is 0.0692. The van der Waals surface area contributed by atoms with Gasteiger partial charge in [-0.3, -0.25) is 14.6 Å². The molecule has 0 fully saturated rings. The van der Waals surface area contributed by atoms with E-state index in [2.05, 4.69) is 10.1 Å². The first-order valence-corrected chi connectivity index (χ1v) is 12.0. The molecular weight excluding hydrogens is 454 g/mol. The number of fused-ring (bicyclic) bond motifs is 1. The molecule has 0 saturated heterocycles. The second-order valence-corrected chi connectivity index (χ2v) is 9.09. The number of Topliss-reactive ketones (excluding diaryl/α,β-unsaturated/α-hetero) is 2. The topological polar surface area (TPSA) is 81.1 Å². The molecule has 2 aromatic carbocycles. The number of benzene rings is 2. The number of carbonyl (C=O) groups is 2. The van der Waals surface area contributed by atoms with E-state index in [4.69, 9.17) is 9.57 Å². The molecule has 0 aliphatic heterocycles. The van der Waals surface area contributed by atoms with Crippen molar-refractivity contribution in [2.24, 2.45) is 5.16 Å². The quantitative estimate of drug-likeness (QED) is 0.293.